The Balaban J connectivity index is 1.30. The largest absolute Gasteiger partial charge is 0.379 e. The maximum Gasteiger partial charge on any atom is 0.282 e. The Morgan fingerprint density at radius 3 is 2.38 bits per heavy atom. The first kappa shape index (κ1) is 20.8. The molecule has 2 saturated heterocycles. The monoisotopic (exact) mass is 446 g/mol. The molecule has 0 spiro atoms. The molecule has 32 heavy (non-hydrogen) atoms. The minimum atomic E-state index is -0.560. The lowest BCUT2D eigenvalue weighted by atomic mass is 10.1. The zero-order chi connectivity index (χ0) is 22.2. The molecule has 0 amide bonds. The molecule has 0 aliphatic carbocycles. The van der Waals surface area contributed by atoms with E-state index in [1.807, 2.05) is 4.90 Å². The molecule has 0 atom stereocenters. The SMILES string of the molecule is Cn1nnc2c(=O)[nH]c(N3CCN(c4c(F)cc(CN5CCOCC5)cc4F)CC3)nc21. The van der Waals surface area contributed by atoms with Crippen molar-refractivity contribution in [1.29, 1.82) is 0 Å². The molecule has 2 aromatic heterocycles. The molecular formula is C20H24F2N8O2. The number of nitrogens with zero attached hydrogens (tertiary/aromatic N) is 7. The van der Waals surface area contributed by atoms with Crippen LogP contribution in [0.15, 0.2) is 16.9 Å². The summed E-state index contributed by atoms with van der Waals surface area (Å²) in [7, 11) is 1.66. The fourth-order valence-electron chi connectivity index (χ4n) is 4.23. The highest BCUT2D eigenvalue weighted by molar-refractivity contribution is 5.69. The molecule has 1 N–H and O–H groups in total. The molecule has 10 nitrogen and oxygen atoms in total. The zero-order valence-corrected chi connectivity index (χ0v) is 17.7. The Morgan fingerprint density at radius 1 is 1.03 bits per heavy atom. The van der Waals surface area contributed by atoms with Crippen molar-refractivity contribution in [1.82, 2.24) is 29.9 Å². The van der Waals surface area contributed by atoms with Crippen molar-refractivity contribution >= 4 is 22.8 Å². The second-order valence-corrected chi connectivity index (χ2v) is 8.05. The van der Waals surface area contributed by atoms with Gasteiger partial charge < -0.3 is 14.5 Å². The number of aromatic nitrogens is 5. The van der Waals surface area contributed by atoms with Crippen LogP contribution in [0.1, 0.15) is 5.56 Å². The van der Waals surface area contributed by atoms with Gasteiger partial charge in [-0.1, -0.05) is 5.21 Å². The summed E-state index contributed by atoms with van der Waals surface area (Å²) in [5, 5.41) is 7.63. The van der Waals surface area contributed by atoms with Crippen LogP contribution in [0.4, 0.5) is 20.4 Å². The Hall–Kier alpha value is -3.12. The molecule has 1 aromatic carbocycles. The van der Waals surface area contributed by atoms with E-state index in [1.54, 1.807) is 11.9 Å². The van der Waals surface area contributed by atoms with Crippen LogP contribution < -0.4 is 15.4 Å². The summed E-state index contributed by atoms with van der Waals surface area (Å²) in [6.07, 6.45) is 0. The molecule has 2 fully saturated rings. The molecule has 3 aromatic rings. The van der Waals surface area contributed by atoms with Crippen LogP contribution >= 0.6 is 0 Å². The Labute approximate surface area is 182 Å². The third kappa shape index (κ3) is 3.91. The highest BCUT2D eigenvalue weighted by Crippen LogP contribution is 2.27. The second-order valence-electron chi connectivity index (χ2n) is 8.05. The van der Waals surface area contributed by atoms with Crippen LogP contribution in [0, 0.1) is 11.6 Å². The van der Waals surface area contributed by atoms with Crippen LogP contribution in [-0.2, 0) is 18.3 Å². The number of aromatic amines is 1. The smallest absolute Gasteiger partial charge is 0.282 e. The summed E-state index contributed by atoms with van der Waals surface area (Å²) in [4.78, 5) is 25.1. The van der Waals surface area contributed by atoms with Crippen LogP contribution in [0.3, 0.4) is 0 Å². The number of anilines is 2. The number of morpholine rings is 1. The number of nitrogens with one attached hydrogen (secondary N) is 1. The summed E-state index contributed by atoms with van der Waals surface area (Å²) in [5.41, 5.74) is 0.802. The van der Waals surface area contributed by atoms with Crippen molar-refractivity contribution in [2.24, 2.45) is 7.05 Å². The van der Waals surface area contributed by atoms with Gasteiger partial charge in [0.2, 0.25) is 5.95 Å². The molecule has 5 rings (SSSR count). The van der Waals surface area contributed by atoms with Crippen LogP contribution in [-0.4, -0.2) is 82.3 Å². The van der Waals surface area contributed by atoms with E-state index in [1.165, 1.54) is 16.8 Å². The average molecular weight is 446 g/mol. The predicted molar refractivity (Wildman–Crippen MR) is 114 cm³/mol. The predicted octanol–water partition coefficient (Wildman–Crippen LogP) is 0.489. The van der Waals surface area contributed by atoms with Gasteiger partial charge in [0, 0.05) is 52.9 Å². The second kappa shape index (κ2) is 8.43. The number of ether oxygens (including phenoxy) is 1. The van der Waals surface area contributed by atoms with Gasteiger partial charge in [0.05, 0.1) is 13.2 Å². The van der Waals surface area contributed by atoms with E-state index in [0.717, 1.165) is 13.1 Å². The van der Waals surface area contributed by atoms with E-state index in [2.05, 4.69) is 25.2 Å². The maximum absolute atomic E-state index is 14.9. The fraction of sp³-hybridized carbons (Fsp3) is 0.500. The van der Waals surface area contributed by atoms with Gasteiger partial charge in [-0.15, -0.1) is 5.10 Å². The van der Waals surface area contributed by atoms with Crippen LogP contribution in [0.2, 0.25) is 0 Å². The van der Waals surface area contributed by atoms with Gasteiger partial charge >= 0.3 is 0 Å². The molecule has 0 unspecified atom stereocenters. The molecule has 0 saturated carbocycles. The number of rotatable bonds is 4. The third-order valence-corrected chi connectivity index (χ3v) is 5.93. The Morgan fingerprint density at radius 2 is 1.69 bits per heavy atom. The lowest BCUT2D eigenvalue weighted by molar-refractivity contribution is 0.0341. The Kier molecular flexibility index (Phi) is 5.47. The van der Waals surface area contributed by atoms with Gasteiger partial charge in [-0.3, -0.25) is 14.7 Å². The molecule has 0 bridgehead atoms. The van der Waals surface area contributed by atoms with Gasteiger partial charge in [0.1, 0.15) is 17.3 Å². The van der Waals surface area contributed by atoms with Gasteiger partial charge in [0.15, 0.2) is 11.2 Å². The summed E-state index contributed by atoms with van der Waals surface area (Å²) in [5.74, 6) is -0.722. The molecule has 2 aliphatic rings. The van der Waals surface area contributed by atoms with Crippen molar-refractivity contribution in [2.75, 3.05) is 62.3 Å². The van der Waals surface area contributed by atoms with Gasteiger partial charge in [0.25, 0.3) is 5.56 Å². The first-order valence-electron chi connectivity index (χ1n) is 10.6. The minimum absolute atomic E-state index is 0.0110. The van der Waals surface area contributed by atoms with E-state index < -0.39 is 11.6 Å². The molecule has 12 heteroatoms. The van der Waals surface area contributed by atoms with Crippen molar-refractivity contribution < 1.29 is 13.5 Å². The third-order valence-electron chi connectivity index (χ3n) is 5.93. The normalized spacial score (nSPS) is 18.0. The standard InChI is InChI=1S/C20H24F2N8O2/c1-27-18-16(25-26-27)19(31)24-20(23-18)30-4-2-29(3-5-30)17-14(21)10-13(11-15(17)22)12-28-6-8-32-9-7-28/h10-11H,2-9,12H2,1H3,(H,23,24,31). The molecular weight excluding hydrogens is 422 g/mol. The summed E-state index contributed by atoms with van der Waals surface area (Å²) >= 11 is 0. The fourth-order valence-corrected chi connectivity index (χ4v) is 4.23. The average Bonchev–Trinajstić information content (AvgIpc) is 3.16. The number of hydrogen-bond acceptors (Lipinski definition) is 8. The number of fused-ring (bicyclic) bond motifs is 1. The molecule has 170 valence electrons. The highest BCUT2D eigenvalue weighted by atomic mass is 19.1. The van der Waals surface area contributed by atoms with E-state index in [-0.39, 0.29) is 16.8 Å². The number of halogens is 2. The first-order valence-corrected chi connectivity index (χ1v) is 10.6. The van der Waals surface area contributed by atoms with Crippen LogP contribution in [0.25, 0.3) is 11.2 Å². The maximum atomic E-state index is 14.9. The van der Waals surface area contributed by atoms with Crippen molar-refractivity contribution in [2.45, 2.75) is 6.54 Å². The lowest BCUT2D eigenvalue weighted by Crippen LogP contribution is -2.48. The first-order chi connectivity index (χ1) is 15.5. The Bertz CT molecular complexity index is 1160. The van der Waals surface area contributed by atoms with Gasteiger partial charge in [-0.05, 0) is 17.7 Å². The zero-order valence-electron chi connectivity index (χ0n) is 17.7. The quantitative estimate of drug-likeness (QED) is 0.619. The summed E-state index contributed by atoms with van der Waals surface area (Å²) in [6.45, 7) is 4.96. The van der Waals surface area contributed by atoms with E-state index in [9.17, 15) is 13.6 Å². The highest BCUT2D eigenvalue weighted by Gasteiger charge is 2.25. The number of H-pyrrole nitrogens is 1. The summed E-state index contributed by atoms with van der Waals surface area (Å²) < 4.78 is 36.5. The van der Waals surface area contributed by atoms with Crippen molar-refractivity contribution in [3.8, 4) is 0 Å². The van der Waals surface area contributed by atoms with E-state index in [0.29, 0.717) is 63.1 Å². The van der Waals surface area contributed by atoms with Crippen LogP contribution in [0.5, 0.6) is 0 Å². The van der Waals surface area contributed by atoms with Crippen molar-refractivity contribution in [3.63, 3.8) is 0 Å². The number of aryl methyl sites for hydroxylation is 1. The van der Waals surface area contributed by atoms with Gasteiger partial charge in [-0.25, -0.2) is 13.5 Å². The molecule has 2 aliphatic heterocycles. The molecule has 0 radical (unpaired) electrons. The van der Waals surface area contributed by atoms with E-state index >= 15 is 0 Å². The minimum Gasteiger partial charge on any atom is -0.379 e. The van der Waals surface area contributed by atoms with Gasteiger partial charge in [-0.2, -0.15) is 4.98 Å². The number of piperazine rings is 1. The van der Waals surface area contributed by atoms with E-state index in [4.69, 9.17) is 4.74 Å². The number of benzene rings is 1. The topological polar surface area (TPSA) is 95.4 Å². The van der Waals surface area contributed by atoms with Crippen molar-refractivity contribution in [3.05, 3.63) is 39.7 Å². The number of hydrogen-bond donors (Lipinski definition) is 1. The summed E-state index contributed by atoms with van der Waals surface area (Å²) in [6, 6.07) is 2.84. The molecule has 4 heterocycles. The lowest BCUT2D eigenvalue weighted by Gasteiger charge is -2.36.